The number of benzene rings is 2. The summed E-state index contributed by atoms with van der Waals surface area (Å²) in [7, 11) is 0. The molecule has 2 aliphatic rings. The van der Waals surface area contributed by atoms with Gasteiger partial charge in [0.1, 0.15) is 24.7 Å². The number of aliphatic hydroxyl groups is 1. The van der Waals surface area contributed by atoms with Gasteiger partial charge in [-0.1, -0.05) is 19.4 Å². The third-order valence-corrected chi connectivity index (χ3v) is 6.60. The fraction of sp³-hybridized carbons (Fsp3) is 0.333. The van der Waals surface area contributed by atoms with Crippen molar-refractivity contribution in [2.45, 2.75) is 39.3 Å². The summed E-state index contributed by atoms with van der Waals surface area (Å²) in [5.41, 5.74) is 0.890. The molecule has 204 valence electrons. The normalized spacial score (nSPS) is 17.9. The first kappa shape index (κ1) is 26.2. The van der Waals surface area contributed by atoms with Crippen LogP contribution in [-0.2, 0) is 16.1 Å². The Bertz CT molecular complexity index is 1380. The summed E-state index contributed by atoms with van der Waals surface area (Å²) in [6.45, 7) is 5.73. The fourth-order valence-corrected chi connectivity index (χ4v) is 4.71. The van der Waals surface area contributed by atoms with Crippen molar-refractivity contribution >= 4 is 17.4 Å². The number of amides is 1. The number of nitrogens with zero attached hydrogens (tertiary/aromatic N) is 1. The average Bonchev–Trinajstić information content (AvgIpc) is 3.56. The molecule has 0 bridgehead atoms. The Balaban J connectivity index is 1.61. The maximum absolute atomic E-state index is 13.4. The SMILES string of the molecule is CCCCOc1ccc([C@@H]2C(=C(O)c3ccc4c(c3)OCCO4)C(=O)C(=O)N2Cc2ccco2)cc1OCC. The molecule has 39 heavy (non-hydrogen) atoms. The molecule has 0 spiro atoms. The Morgan fingerprint density at radius 3 is 2.56 bits per heavy atom. The molecule has 5 rings (SSSR count). The predicted octanol–water partition coefficient (Wildman–Crippen LogP) is 5.25. The van der Waals surface area contributed by atoms with Crippen LogP contribution in [0.2, 0.25) is 0 Å². The average molecular weight is 534 g/mol. The number of hydrogen-bond acceptors (Lipinski definition) is 8. The van der Waals surface area contributed by atoms with Gasteiger partial charge in [-0.05, 0) is 61.4 Å². The highest BCUT2D eigenvalue weighted by atomic mass is 16.6. The lowest BCUT2D eigenvalue weighted by Gasteiger charge is -2.25. The summed E-state index contributed by atoms with van der Waals surface area (Å²) < 4.78 is 28.5. The van der Waals surface area contributed by atoms with E-state index in [-0.39, 0.29) is 17.9 Å². The number of likely N-dealkylation sites (tertiary alicyclic amines) is 1. The van der Waals surface area contributed by atoms with Crippen molar-refractivity contribution in [3.8, 4) is 23.0 Å². The van der Waals surface area contributed by atoms with Crippen LogP contribution in [0.3, 0.4) is 0 Å². The number of carbonyl (C=O) groups excluding carboxylic acids is 2. The highest BCUT2D eigenvalue weighted by Crippen LogP contribution is 2.43. The minimum Gasteiger partial charge on any atom is -0.507 e. The molecule has 0 radical (unpaired) electrons. The summed E-state index contributed by atoms with van der Waals surface area (Å²) in [6, 6.07) is 12.8. The van der Waals surface area contributed by atoms with Crippen LogP contribution in [0.4, 0.5) is 0 Å². The standard InChI is InChI=1S/C30H31NO8/c1-3-5-12-37-22-10-8-19(16-24(22)35-4-2)27-26(29(33)30(34)31(27)18-21-7-6-13-36-21)28(32)20-9-11-23-25(17-20)39-15-14-38-23/h6-11,13,16-17,27,32H,3-5,12,14-15,18H2,1-2H3/t27-/m1/s1. The lowest BCUT2D eigenvalue weighted by Crippen LogP contribution is -2.29. The molecule has 1 aromatic heterocycles. The van der Waals surface area contributed by atoms with E-state index in [0.29, 0.717) is 66.3 Å². The first-order chi connectivity index (χ1) is 19.0. The number of furan rings is 1. The Morgan fingerprint density at radius 2 is 1.82 bits per heavy atom. The summed E-state index contributed by atoms with van der Waals surface area (Å²) in [5, 5.41) is 11.5. The molecule has 3 heterocycles. The smallest absolute Gasteiger partial charge is 0.296 e. The molecule has 1 saturated heterocycles. The summed E-state index contributed by atoms with van der Waals surface area (Å²) >= 11 is 0. The van der Waals surface area contributed by atoms with E-state index >= 15 is 0 Å². The molecule has 3 aromatic rings. The largest absolute Gasteiger partial charge is 0.507 e. The minimum absolute atomic E-state index is 0.0367. The molecule has 0 unspecified atom stereocenters. The Hall–Kier alpha value is -4.40. The van der Waals surface area contributed by atoms with Gasteiger partial charge in [0.15, 0.2) is 23.0 Å². The molecule has 1 amide bonds. The number of fused-ring (bicyclic) bond motifs is 1. The maximum Gasteiger partial charge on any atom is 0.296 e. The zero-order chi connectivity index (χ0) is 27.4. The Labute approximate surface area is 226 Å². The lowest BCUT2D eigenvalue weighted by molar-refractivity contribution is -0.140. The van der Waals surface area contributed by atoms with E-state index in [4.69, 9.17) is 23.4 Å². The van der Waals surface area contributed by atoms with Crippen LogP contribution in [0.5, 0.6) is 23.0 Å². The van der Waals surface area contributed by atoms with Gasteiger partial charge in [0.2, 0.25) is 0 Å². The second-order valence-electron chi connectivity index (χ2n) is 9.21. The molecule has 9 nitrogen and oxygen atoms in total. The van der Waals surface area contributed by atoms with Crippen molar-refractivity contribution in [2.75, 3.05) is 26.4 Å². The van der Waals surface area contributed by atoms with Gasteiger partial charge in [0, 0.05) is 5.56 Å². The number of carbonyl (C=O) groups is 2. The molecule has 1 fully saturated rings. The van der Waals surface area contributed by atoms with Gasteiger partial charge < -0.3 is 33.4 Å². The fourth-order valence-electron chi connectivity index (χ4n) is 4.71. The maximum atomic E-state index is 13.4. The van der Waals surface area contributed by atoms with Gasteiger partial charge in [-0.2, -0.15) is 0 Å². The summed E-state index contributed by atoms with van der Waals surface area (Å²) in [5.74, 6) is 0.741. The van der Waals surface area contributed by atoms with E-state index in [0.717, 1.165) is 12.8 Å². The molecule has 2 aliphatic heterocycles. The van der Waals surface area contributed by atoms with Crippen molar-refractivity contribution in [3.05, 3.63) is 77.3 Å². The zero-order valence-corrected chi connectivity index (χ0v) is 22.0. The van der Waals surface area contributed by atoms with Crippen LogP contribution < -0.4 is 18.9 Å². The number of ketones is 1. The number of unbranched alkanes of at least 4 members (excludes halogenated alkanes) is 1. The molecule has 1 N–H and O–H groups in total. The van der Waals surface area contributed by atoms with Crippen LogP contribution in [0.25, 0.3) is 5.76 Å². The van der Waals surface area contributed by atoms with Gasteiger partial charge in [-0.15, -0.1) is 0 Å². The van der Waals surface area contributed by atoms with Gasteiger partial charge in [0.25, 0.3) is 11.7 Å². The second-order valence-corrected chi connectivity index (χ2v) is 9.21. The first-order valence-corrected chi connectivity index (χ1v) is 13.1. The Morgan fingerprint density at radius 1 is 1.00 bits per heavy atom. The Kier molecular flexibility index (Phi) is 7.76. The second kappa shape index (κ2) is 11.6. The topological polar surface area (TPSA) is 108 Å². The van der Waals surface area contributed by atoms with Crippen LogP contribution in [0.15, 0.2) is 64.8 Å². The van der Waals surface area contributed by atoms with Gasteiger partial charge in [0.05, 0.1) is 37.6 Å². The molecule has 9 heteroatoms. The van der Waals surface area contributed by atoms with Crippen LogP contribution in [0, 0.1) is 0 Å². The third-order valence-electron chi connectivity index (χ3n) is 6.60. The van der Waals surface area contributed by atoms with E-state index in [9.17, 15) is 14.7 Å². The molecular weight excluding hydrogens is 502 g/mol. The third kappa shape index (κ3) is 5.30. The summed E-state index contributed by atoms with van der Waals surface area (Å²) in [6.07, 6.45) is 3.39. The van der Waals surface area contributed by atoms with Gasteiger partial charge in [-0.25, -0.2) is 0 Å². The number of aliphatic hydroxyl groups excluding tert-OH is 1. The number of hydrogen-bond donors (Lipinski definition) is 1. The number of Topliss-reactive ketones (excluding diaryl/α,β-unsaturated/α-hetero) is 1. The van der Waals surface area contributed by atoms with Crippen molar-refractivity contribution < 1.29 is 38.1 Å². The van der Waals surface area contributed by atoms with Gasteiger partial charge >= 0.3 is 0 Å². The highest BCUT2D eigenvalue weighted by molar-refractivity contribution is 6.46. The molecule has 2 aromatic carbocycles. The van der Waals surface area contributed by atoms with E-state index in [1.54, 1.807) is 48.5 Å². The first-order valence-electron chi connectivity index (χ1n) is 13.1. The quantitative estimate of drug-likeness (QED) is 0.163. The molecule has 0 aliphatic carbocycles. The van der Waals surface area contributed by atoms with Crippen molar-refractivity contribution in [1.29, 1.82) is 0 Å². The van der Waals surface area contributed by atoms with Crippen LogP contribution in [-0.4, -0.2) is 48.1 Å². The van der Waals surface area contributed by atoms with Crippen molar-refractivity contribution in [3.63, 3.8) is 0 Å². The van der Waals surface area contributed by atoms with Crippen LogP contribution in [0.1, 0.15) is 49.6 Å². The van der Waals surface area contributed by atoms with E-state index in [1.165, 1.54) is 11.2 Å². The van der Waals surface area contributed by atoms with E-state index < -0.39 is 17.7 Å². The summed E-state index contributed by atoms with van der Waals surface area (Å²) in [4.78, 5) is 28.2. The number of ether oxygens (including phenoxy) is 4. The van der Waals surface area contributed by atoms with Crippen molar-refractivity contribution in [2.24, 2.45) is 0 Å². The lowest BCUT2D eigenvalue weighted by atomic mass is 9.94. The van der Waals surface area contributed by atoms with Crippen LogP contribution >= 0.6 is 0 Å². The number of rotatable bonds is 10. The van der Waals surface area contributed by atoms with E-state index in [1.807, 2.05) is 6.92 Å². The molecular formula is C30H31NO8. The van der Waals surface area contributed by atoms with Gasteiger partial charge in [-0.3, -0.25) is 9.59 Å². The zero-order valence-electron chi connectivity index (χ0n) is 22.0. The minimum atomic E-state index is -0.896. The molecule has 1 atom stereocenters. The van der Waals surface area contributed by atoms with E-state index in [2.05, 4.69) is 6.92 Å². The monoisotopic (exact) mass is 533 g/mol. The highest BCUT2D eigenvalue weighted by Gasteiger charge is 2.46. The molecule has 0 saturated carbocycles. The van der Waals surface area contributed by atoms with Crippen molar-refractivity contribution in [1.82, 2.24) is 4.90 Å². The predicted molar refractivity (Wildman–Crippen MR) is 142 cm³/mol.